The molecule has 0 amide bonds. The van der Waals surface area contributed by atoms with Crippen molar-refractivity contribution in [1.29, 1.82) is 0 Å². The third kappa shape index (κ3) is 2.16. The van der Waals surface area contributed by atoms with Crippen molar-refractivity contribution in [2.75, 3.05) is 5.73 Å². The van der Waals surface area contributed by atoms with Crippen LogP contribution in [0.15, 0.2) is 6.33 Å². The topological polar surface area (TPSA) is 82.0 Å². The van der Waals surface area contributed by atoms with E-state index in [0.717, 1.165) is 0 Å². The van der Waals surface area contributed by atoms with E-state index in [1.807, 2.05) is 0 Å². The number of anilines is 1. The summed E-state index contributed by atoms with van der Waals surface area (Å²) >= 11 is 0. The molecule has 108 valence electrons. The maximum atomic E-state index is 12.8. The van der Waals surface area contributed by atoms with E-state index in [4.69, 9.17) is 5.73 Å². The molecule has 1 aliphatic rings. The normalized spacial score (nSPS) is 24.1. The molecule has 20 heavy (non-hydrogen) atoms. The lowest BCUT2D eigenvalue weighted by atomic mass is 9.80. The van der Waals surface area contributed by atoms with Crippen LogP contribution in [-0.2, 0) is 0 Å². The molecule has 0 unspecified atom stereocenters. The number of fused-ring (bicyclic) bond motifs is 1. The van der Waals surface area contributed by atoms with E-state index in [0.29, 0.717) is 18.7 Å². The SMILES string of the molecule is Nc1ncnn2c([C@H]3CCC[C@H](C(F)(F)F)C3)nnc12. The molecule has 0 radical (unpaired) electrons. The molecule has 0 saturated heterocycles. The van der Waals surface area contributed by atoms with Gasteiger partial charge in [0.1, 0.15) is 6.33 Å². The molecular weight excluding hydrogens is 273 g/mol. The predicted octanol–water partition coefficient (Wildman–Crippen LogP) is 1.94. The third-order valence-corrected chi connectivity index (χ3v) is 3.76. The zero-order chi connectivity index (χ0) is 14.3. The van der Waals surface area contributed by atoms with E-state index in [1.54, 1.807) is 0 Å². The van der Waals surface area contributed by atoms with E-state index >= 15 is 0 Å². The van der Waals surface area contributed by atoms with Crippen LogP contribution in [-0.4, -0.2) is 31.0 Å². The smallest absolute Gasteiger partial charge is 0.380 e. The molecule has 2 aromatic heterocycles. The van der Waals surface area contributed by atoms with Crippen molar-refractivity contribution in [3.8, 4) is 0 Å². The maximum absolute atomic E-state index is 12.8. The summed E-state index contributed by atoms with van der Waals surface area (Å²) < 4.78 is 39.9. The average Bonchev–Trinajstić information content (AvgIpc) is 2.83. The Hall–Kier alpha value is -1.93. The fraction of sp³-hybridized carbons (Fsp3) is 0.636. The summed E-state index contributed by atoms with van der Waals surface area (Å²) in [5, 5.41) is 11.8. The quantitative estimate of drug-likeness (QED) is 0.866. The van der Waals surface area contributed by atoms with Gasteiger partial charge in [-0.05, 0) is 19.3 Å². The highest BCUT2D eigenvalue weighted by molar-refractivity contribution is 5.57. The van der Waals surface area contributed by atoms with Crippen molar-refractivity contribution in [2.45, 2.75) is 37.8 Å². The van der Waals surface area contributed by atoms with Crippen LogP contribution in [0.4, 0.5) is 19.0 Å². The molecule has 0 spiro atoms. The molecule has 1 saturated carbocycles. The Morgan fingerprint density at radius 1 is 1.25 bits per heavy atom. The maximum Gasteiger partial charge on any atom is 0.391 e. The van der Waals surface area contributed by atoms with Gasteiger partial charge in [0.25, 0.3) is 0 Å². The largest absolute Gasteiger partial charge is 0.391 e. The minimum atomic E-state index is -4.16. The van der Waals surface area contributed by atoms with Gasteiger partial charge in [0.2, 0.25) is 5.65 Å². The van der Waals surface area contributed by atoms with E-state index < -0.39 is 12.1 Å². The molecule has 3 rings (SSSR count). The van der Waals surface area contributed by atoms with Crippen LogP contribution in [0.1, 0.15) is 37.4 Å². The lowest BCUT2D eigenvalue weighted by Gasteiger charge is -2.29. The standard InChI is InChI=1S/C11H13F3N6/c12-11(13,14)7-3-1-2-6(4-7)9-18-19-10-8(15)16-5-17-20(9)10/h5-7H,1-4H2,(H2,15,16,17)/t6-,7-/m0/s1. The molecule has 2 N–H and O–H groups in total. The first-order valence-corrected chi connectivity index (χ1v) is 6.35. The highest BCUT2D eigenvalue weighted by Gasteiger charge is 2.43. The number of hydrogen-bond acceptors (Lipinski definition) is 5. The van der Waals surface area contributed by atoms with Gasteiger partial charge in [0.15, 0.2) is 11.6 Å². The molecule has 2 aromatic rings. The molecule has 2 atom stereocenters. The number of halogens is 3. The molecule has 1 fully saturated rings. The molecular formula is C11H13F3N6. The van der Waals surface area contributed by atoms with Crippen LogP contribution in [0.2, 0.25) is 0 Å². The van der Waals surface area contributed by atoms with Crippen LogP contribution in [0, 0.1) is 5.92 Å². The summed E-state index contributed by atoms with van der Waals surface area (Å²) in [4.78, 5) is 3.78. The fourth-order valence-electron chi connectivity index (χ4n) is 2.74. The fourth-order valence-corrected chi connectivity index (χ4v) is 2.74. The lowest BCUT2D eigenvalue weighted by molar-refractivity contribution is -0.183. The second-order valence-electron chi connectivity index (χ2n) is 5.04. The van der Waals surface area contributed by atoms with Gasteiger partial charge in [0.05, 0.1) is 5.92 Å². The van der Waals surface area contributed by atoms with Crippen molar-refractivity contribution in [3.05, 3.63) is 12.2 Å². The molecule has 9 heteroatoms. The van der Waals surface area contributed by atoms with Gasteiger partial charge >= 0.3 is 6.18 Å². The summed E-state index contributed by atoms with van der Waals surface area (Å²) in [5.41, 5.74) is 5.93. The highest BCUT2D eigenvalue weighted by atomic mass is 19.4. The van der Waals surface area contributed by atoms with Crippen molar-refractivity contribution in [1.82, 2.24) is 24.8 Å². The second-order valence-corrected chi connectivity index (χ2v) is 5.04. The summed E-state index contributed by atoms with van der Waals surface area (Å²) in [6.07, 6.45) is -1.55. The van der Waals surface area contributed by atoms with Crippen LogP contribution in [0.25, 0.3) is 5.65 Å². The van der Waals surface area contributed by atoms with Gasteiger partial charge in [-0.25, -0.2) is 4.98 Å². The first-order valence-electron chi connectivity index (χ1n) is 6.35. The Balaban J connectivity index is 1.93. The average molecular weight is 286 g/mol. The molecule has 0 aliphatic heterocycles. The van der Waals surface area contributed by atoms with Crippen molar-refractivity contribution < 1.29 is 13.2 Å². The van der Waals surface area contributed by atoms with Crippen molar-refractivity contribution in [3.63, 3.8) is 0 Å². The monoisotopic (exact) mass is 286 g/mol. The minimum Gasteiger partial charge on any atom is -0.380 e. The number of nitrogen functional groups attached to an aromatic ring is 1. The van der Waals surface area contributed by atoms with Crippen LogP contribution >= 0.6 is 0 Å². The number of alkyl halides is 3. The second kappa shape index (κ2) is 4.57. The summed E-state index contributed by atoms with van der Waals surface area (Å²) in [7, 11) is 0. The Morgan fingerprint density at radius 3 is 2.80 bits per heavy atom. The van der Waals surface area contributed by atoms with Gasteiger partial charge in [-0.1, -0.05) is 6.42 Å². The molecule has 2 heterocycles. The summed E-state index contributed by atoms with van der Waals surface area (Å²) in [6, 6.07) is 0. The Bertz CT molecular complexity index is 622. The Morgan fingerprint density at radius 2 is 2.05 bits per heavy atom. The third-order valence-electron chi connectivity index (χ3n) is 3.76. The predicted molar refractivity (Wildman–Crippen MR) is 63.7 cm³/mol. The van der Waals surface area contributed by atoms with Crippen molar-refractivity contribution in [2.24, 2.45) is 5.92 Å². The first kappa shape index (κ1) is 13.1. The van der Waals surface area contributed by atoms with E-state index in [1.165, 1.54) is 10.8 Å². The van der Waals surface area contributed by atoms with E-state index in [2.05, 4.69) is 20.3 Å². The van der Waals surface area contributed by atoms with Crippen LogP contribution in [0.3, 0.4) is 0 Å². The zero-order valence-electron chi connectivity index (χ0n) is 10.5. The van der Waals surface area contributed by atoms with E-state index in [-0.39, 0.29) is 30.2 Å². The van der Waals surface area contributed by atoms with Gasteiger partial charge in [-0.3, -0.25) is 0 Å². The minimum absolute atomic E-state index is 0.0220. The number of aromatic nitrogens is 5. The number of rotatable bonds is 1. The highest BCUT2D eigenvalue weighted by Crippen LogP contribution is 2.43. The molecule has 1 aliphatic carbocycles. The van der Waals surface area contributed by atoms with Gasteiger partial charge in [0, 0.05) is 5.92 Å². The number of nitrogens with zero attached hydrogens (tertiary/aromatic N) is 5. The van der Waals surface area contributed by atoms with Gasteiger partial charge in [-0.2, -0.15) is 22.8 Å². The van der Waals surface area contributed by atoms with Gasteiger partial charge in [-0.15, -0.1) is 10.2 Å². The first-order chi connectivity index (χ1) is 9.47. The molecule has 0 aromatic carbocycles. The Labute approximate surface area is 112 Å². The zero-order valence-corrected chi connectivity index (χ0v) is 10.5. The number of nitrogens with two attached hydrogens (primary N) is 1. The lowest BCUT2D eigenvalue weighted by Crippen LogP contribution is -2.28. The summed E-state index contributed by atoms with van der Waals surface area (Å²) in [5.74, 6) is -0.988. The van der Waals surface area contributed by atoms with Crippen LogP contribution in [0.5, 0.6) is 0 Å². The Kier molecular flexibility index (Phi) is 2.98. The summed E-state index contributed by atoms with van der Waals surface area (Å²) in [6.45, 7) is 0. The van der Waals surface area contributed by atoms with Crippen molar-refractivity contribution >= 4 is 11.5 Å². The molecule has 0 bridgehead atoms. The van der Waals surface area contributed by atoms with Crippen LogP contribution < -0.4 is 5.73 Å². The van der Waals surface area contributed by atoms with Gasteiger partial charge < -0.3 is 5.73 Å². The van der Waals surface area contributed by atoms with E-state index in [9.17, 15) is 13.2 Å². The molecule has 6 nitrogen and oxygen atoms in total. The number of hydrogen-bond donors (Lipinski definition) is 1.